The molecule has 1 aliphatic rings. The summed E-state index contributed by atoms with van der Waals surface area (Å²) in [5, 5.41) is 0. The molecule has 2 rings (SSSR count). The molecule has 0 atom stereocenters. The van der Waals surface area contributed by atoms with Gasteiger partial charge in [-0.2, -0.15) is 0 Å². The average molecular weight is 269 g/mol. The van der Waals surface area contributed by atoms with E-state index in [4.69, 9.17) is 4.74 Å². The number of Topliss-reactive ketones (excluding diaryl/α,β-unsaturated/α-hetero) is 1. The van der Waals surface area contributed by atoms with Gasteiger partial charge in [0.05, 0.1) is 0 Å². The third-order valence-electron chi connectivity index (χ3n) is 2.92. The lowest BCUT2D eigenvalue weighted by atomic mass is 10.1. The van der Waals surface area contributed by atoms with Crippen LogP contribution in [0.15, 0.2) is 18.2 Å². The van der Waals surface area contributed by atoms with E-state index >= 15 is 0 Å². The van der Waals surface area contributed by atoms with Crippen molar-refractivity contribution in [3.63, 3.8) is 0 Å². The summed E-state index contributed by atoms with van der Waals surface area (Å²) in [7, 11) is 0. The van der Waals surface area contributed by atoms with E-state index < -0.39 is 11.6 Å². The molecule has 1 aliphatic heterocycles. The molecule has 1 aromatic rings. The molecule has 19 heavy (non-hydrogen) atoms. The van der Waals surface area contributed by atoms with Crippen molar-refractivity contribution in [2.24, 2.45) is 0 Å². The summed E-state index contributed by atoms with van der Waals surface area (Å²) >= 11 is 0. The van der Waals surface area contributed by atoms with E-state index in [2.05, 4.69) is 0 Å². The van der Waals surface area contributed by atoms with Gasteiger partial charge in [-0.3, -0.25) is 9.59 Å². The molecular weight excluding hydrogens is 256 g/mol. The summed E-state index contributed by atoms with van der Waals surface area (Å²) in [6.07, 6.45) is 0.688. The van der Waals surface area contributed by atoms with Gasteiger partial charge in [0.25, 0.3) is 5.91 Å². The SMILES string of the molecule is O=C1CCN(C(=O)COc2ccc(F)cc2F)CC1. The highest BCUT2D eigenvalue weighted by Gasteiger charge is 2.21. The van der Waals surface area contributed by atoms with Crippen LogP contribution in [-0.2, 0) is 9.59 Å². The Morgan fingerprint density at radius 3 is 2.58 bits per heavy atom. The molecule has 1 saturated heterocycles. The summed E-state index contributed by atoms with van der Waals surface area (Å²) in [4.78, 5) is 24.3. The number of carbonyl (C=O) groups excluding carboxylic acids is 2. The summed E-state index contributed by atoms with van der Waals surface area (Å²) in [6.45, 7) is 0.413. The van der Waals surface area contributed by atoms with Crippen LogP contribution >= 0.6 is 0 Å². The van der Waals surface area contributed by atoms with Gasteiger partial charge in [0, 0.05) is 32.0 Å². The lowest BCUT2D eigenvalue weighted by molar-refractivity contribution is -0.136. The van der Waals surface area contributed by atoms with Crippen LogP contribution in [0.1, 0.15) is 12.8 Å². The number of nitrogens with zero attached hydrogens (tertiary/aromatic N) is 1. The number of carbonyl (C=O) groups is 2. The molecule has 0 saturated carbocycles. The number of hydrogen-bond donors (Lipinski definition) is 0. The van der Waals surface area contributed by atoms with Crippen LogP contribution < -0.4 is 4.74 Å². The monoisotopic (exact) mass is 269 g/mol. The number of rotatable bonds is 3. The number of piperidine rings is 1. The molecule has 0 aromatic heterocycles. The highest BCUT2D eigenvalue weighted by Crippen LogP contribution is 2.17. The molecule has 1 fully saturated rings. The predicted molar refractivity (Wildman–Crippen MR) is 62.7 cm³/mol. The van der Waals surface area contributed by atoms with Crippen molar-refractivity contribution in [2.45, 2.75) is 12.8 Å². The third kappa shape index (κ3) is 3.49. The summed E-state index contributed by atoms with van der Waals surface area (Å²) in [5.74, 6) is -1.89. The van der Waals surface area contributed by atoms with Gasteiger partial charge in [0.15, 0.2) is 18.2 Å². The molecule has 4 nitrogen and oxygen atoms in total. The molecule has 0 spiro atoms. The fourth-order valence-electron chi connectivity index (χ4n) is 1.83. The van der Waals surface area contributed by atoms with E-state index in [-0.39, 0.29) is 24.0 Å². The van der Waals surface area contributed by atoms with Crippen molar-refractivity contribution < 1.29 is 23.1 Å². The van der Waals surface area contributed by atoms with Crippen LogP contribution in [0, 0.1) is 11.6 Å². The van der Waals surface area contributed by atoms with Crippen LogP contribution in [0.3, 0.4) is 0 Å². The minimum atomic E-state index is -0.846. The zero-order chi connectivity index (χ0) is 13.8. The topological polar surface area (TPSA) is 46.6 Å². The Labute approximate surface area is 109 Å². The number of amides is 1. The Balaban J connectivity index is 1.88. The second kappa shape index (κ2) is 5.77. The van der Waals surface area contributed by atoms with E-state index in [1.807, 2.05) is 0 Å². The second-order valence-corrected chi connectivity index (χ2v) is 4.28. The molecule has 0 N–H and O–H groups in total. The Hall–Kier alpha value is -1.98. The van der Waals surface area contributed by atoms with Crippen molar-refractivity contribution >= 4 is 11.7 Å². The van der Waals surface area contributed by atoms with Crippen LogP contribution in [0.5, 0.6) is 5.75 Å². The summed E-state index contributed by atoms with van der Waals surface area (Å²) < 4.78 is 30.9. The smallest absolute Gasteiger partial charge is 0.260 e. The van der Waals surface area contributed by atoms with Gasteiger partial charge in [-0.05, 0) is 12.1 Å². The van der Waals surface area contributed by atoms with Crippen molar-refractivity contribution in [1.29, 1.82) is 0 Å². The molecule has 6 heteroatoms. The second-order valence-electron chi connectivity index (χ2n) is 4.28. The van der Waals surface area contributed by atoms with Gasteiger partial charge in [0.2, 0.25) is 0 Å². The first kappa shape index (κ1) is 13.5. The number of benzene rings is 1. The fourth-order valence-corrected chi connectivity index (χ4v) is 1.83. The Bertz CT molecular complexity index is 495. The fraction of sp³-hybridized carbons (Fsp3) is 0.385. The van der Waals surface area contributed by atoms with E-state index in [1.165, 1.54) is 4.90 Å². The van der Waals surface area contributed by atoms with E-state index in [1.54, 1.807) is 0 Å². The Kier molecular flexibility index (Phi) is 4.09. The summed E-state index contributed by atoms with van der Waals surface area (Å²) in [5.41, 5.74) is 0. The van der Waals surface area contributed by atoms with Gasteiger partial charge in [0.1, 0.15) is 11.6 Å². The molecule has 1 amide bonds. The highest BCUT2D eigenvalue weighted by atomic mass is 19.1. The Morgan fingerprint density at radius 1 is 1.26 bits per heavy atom. The minimum absolute atomic E-state index is 0.134. The minimum Gasteiger partial charge on any atom is -0.481 e. The molecular formula is C13H13F2NO3. The van der Waals surface area contributed by atoms with Crippen LogP contribution in [0.4, 0.5) is 8.78 Å². The van der Waals surface area contributed by atoms with Gasteiger partial charge < -0.3 is 9.64 Å². The van der Waals surface area contributed by atoms with Crippen LogP contribution in [0.2, 0.25) is 0 Å². The van der Waals surface area contributed by atoms with Crippen molar-refractivity contribution in [1.82, 2.24) is 4.90 Å². The molecule has 1 heterocycles. The largest absolute Gasteiger partial charge is 0.481 e. The van der Waals surface area contributed by atoms with Crippen molar-refractivity contribution in [2.75, 3.05) is 19.7 Å². The first-order chi connectivity index (χ1) is 9.06. The zero-order valence-corrected chi connectivity index (χ0v) is 10.2. The molecule has 0 unspecified atom stereocenters. The number of likely N-dealkylation sites (tertiary alicyclic amines) is 1. The van der Waals surface area contributed by atoms with Gasteiger partial charge in [-0.1, -0.05) is 0 Å². The molecule has 0 aliphatic carbocycles. The van der Waals surface area contributed by atoms with Gasteiger partial charge >= 0.3 is 0 Å². The van der Waals surface area contributed by atoms with Crippen molar-refractivity contribution in [3.8, 4) is 5.75 Å². The normalized spacial score (nSPS) is 15.5. The standard InChI is InChI=1S/C13H13F2NO3/c14-9-1-2-12(11(15)7-9)19-8-13(18)16-5-3-10(17)4-6-16/h1-2,7H,3-6,8H2. The predicted octanol–water partition coefficient (Wildman–Crippen LogP) is 1.54. The number of ether oxygens (including phenoxy) is 1. The summed E-state index contributed by atoms with van der Waals surface area (Å²) in [6, 6.07) is 2.89. The maximum absolute atomic E-state index is 13.3. The average Bonchev–Trinajstić information content (AvgIpc) is 2.38. The van der Waals surface area contributed by atoms with Gasteiger partial charge in [-0.25, -0.2) is 8.78 Å². The maximum atomic E-state index is 13.3. The van der Waals surface area contributed by atoms with Crippen LogP contribution in [0.25, 0.3) is 0 Å². The Morgan fingerprint density at radius 2 is 1.95 bits per heavy atom. The molecule has 0 bridgehead atoms. The molecule has 102 valence electrons. The molecule has 1 aromatic carbocycles. The lowest BCUT2D eigenvalue weighted by Gasteiger charge is -2.25. The highest BCUT2D eigenvalue weighted by molar-refractivity contribution is 5.83. The maximum Gasteiger partial charge on any atom is 0.260 e. The third-order valence-corrected chi connectivity index (χ3v) is 2.92. The lowest BCUT2D eigenvalue weighted by Crippen LogP contribution is -2.41. The van der Waals surface area contributed by atoms with Gasteiger partial charge in [-0.15, -0.1) is 0 Å². The van der Waals surface area contributed by atoms with Crippen LogP contribution in [-0.4, -0.2) is 36.3 Å². The number of ketones is 1. The number of hydrogen-bond acceptors (Lipinski definition) is 3. The van der Waals surface area contributed by atoms with E-state index in [9.17, 15) is 18.4 Å². The quantitative estimate of drug-likeness (QED) is 0.836. The first-order valence-corrected chi connectivity index (χ1v) is 5.93. The van der Waals surface area contributed by atoms with E-state index in [0.29, 0.717) is 32.0 Å². The van der Waals surface area contributed by atoms with Crippen molar-refractivity contribution in [3.05, 3.63) is 29.8 Å². The van der Waals surface area contributed by atoms with E-state index in [0.717, 1.165) is 12.1 Å². The first-order valence-electron chi connectivity index (χ1n) is 5.93. The molecule has 0 radical (unpaired) electrons. The zero-order valence-electron chi connectivity index (χ0n) is 10.2. The number of halogens is 2.